The number of aromatic nitrogens is 1. The maximum absolute atomic E-state index is 11.7. The fourth-order valence-electron chi connectivity index (χ4n) is 1.26. The molecule has 0 saturated carbocycles. The minimum atomic E-state index is -0.409. The molecule has 4 N–H and O–H groups in total. The minimum Gasteiger partial charge on any atom is -0.396 e. The minimum absolute atomic E-state index is 0.0993. The summed E-state index contributed by atoms with van der Waals surface area (Å²) < 4.78 is 0. The Morgan fingerprint density at radius 2 is 2.12 bits per heavy atom. The molecular weight excluding hydrogens is 240 g/mol. The lowest BCUT2D eigenvalue weighted by Gasteiger charge is -2.17. The van der Waals surface area contributed by atoms with Gasteiger partial charge in [0.05, 0.1) is 10.7 Å². The van der Waals surface area contributed by atoms with Crippen molar-refractivity contribution in [3.8, 4) is 0 Å². The van der Waals surface area contributed by atoms with E-state index in [1.807, 2.05) is 13.8 Å². The van der Waals surface area contributed by atoms with Gasteiger partial charge in [-0.1, -0.05) is 11.6 Å². The van der Waals surface area contributed by atoms with Crippen LogP contribution < -0.4 is 16.4 Å². The van der Waals surface area contributed by atoms with E-state index in [-0.39, 0.29) is 11.9 Å². The van der Waals surface area contributed by atoms with Gasteiger partial charge in [-0.3, -0.25) is 4.79 Å². The molecule has 1 aromatic heterocycles. The van der Waals surface area contributed by atoms with Gasteiger partial charge in [-0.05, 0) is 26.8 Å². The number of nitrogens with zero attached hydrogens (tertiary/aromatic N) is 1. The summed E-state index contributed by atoms with van der Waals surface area (Å²) in [5.41, 5.74) is 6.15. The molecule has 1 heterocycles. The highest BCUT2D eigenvalue weighted by atomic mass is 35.5. The summed E-state index contributed by atoms with van der Waals surface area (Å²) in [4.78, 5) is 15.7. The highest BCUT2D eigenvalue weighted by molar-refractivity contribution is 6.30. The fraction of sp³-hybridized carbons (Fsp3) is 0.455. The standard InChI is InChI=1S/C11H17ClN4O/c1-6(2)15-11(17)7(3)16-10-9(13)4-8(12)5-14-10/h4-7H,13H2,1-3H3,(H,14,16)(H,15,17). The maximum atomic E-state index is 11.7. The Morgan fingerprint density at radius 1 is 1.47 bits per heavy atom. The second-order valence-corrected chi connectivity index (χ2v) is 4.56. The summed E-state index contributed by atoms with van der Waals surface area (Å²) in [5, 5.41) is 6.20. The van der Waals surface area contributed by atoms with Crippen LogP contribution in [0.1, 0.15) is 20.8 Å². The van der Waals surface area contributed by atoms with Gasteiger partial charge in [0.25, 0.3) is 0 Å². The molecular formula is C11H17ClN4O. The van der Waals surface area contributed by atoms with Crippen molar-refractivity contribution in [2.24, 2.45) is 0 Å². The van der Waals surface area contributed by atoms with Gasteiger partial charge >= 0.3 is 0 Å². The fourth-order valence-corrected chi connectivity index (χ4v) is 1.42. The molecule has 5 nitrogen and oxygen atoms in total. The molecule has 0 radical (unpaired) electrons. The van der Waals surface area contributed by atoms with Gasteiger partial charge in [-0.25, -0.2) is 4.98 Å². The second-order valence-electron chi connectivity index (χ2n) is 4.12. The van der Waals surface area contributed by atoms with Crippen LogP contribution in [0.15, 0.2) is 12.3 Å². The number of hydrogen-bond acceptors (Lipinski definition) is 4. The molecule has 0 spiro atoms. The van der Waals surface area contributed by atoms with E-state index in [1.165, 1.54) is 6.20 Å². The van der Waals surface area contributed by atoms with Gasteiger partial charge in [0.15, 0.2) is 0 Å². The third-order valence-corrected chi connectivity index (χ3v) is 2.27. The van der Waals surface area contributed by atoms with Crippen molar-refractivity contribution in [3.05, 3.63) is 17.3 Å². The summed E-state index contributed by atoms with van der Waals surface area (Å²) in [6.07, 6.45) is 1.48. The molecule has 1 rings (SSSR count). The summed E-state index contributed by atoms with van der Waals surface area (Å²) >= 11 is 5.74. The Labute approximate surface area is 106 Å². The number of hydrogen-bond donors (Lipinski definition) is 3. The molecule has 0 bridgehead atoms. The summed E-state index contributed by atoms with van der Waals surface area (Å²) in [6, 6.07) is 1.28. The van der Waals surface area contributed by atoms with Gasteiger partial charge < -0.3 is 16.4 Å². The van der Waals surface area contributed by atoms with Crippen LogP contribution in [0.2, 0.25) is 5.02 Å². The third kappa shape index (κ3) is 4.11. The number of anilines is 2. The van der Waals surface area contributed by atoms with Crippen LogP contribution in [-0.4, -0.2) is 23.0 Å². The predicted molar refractivity (Wildman–Crippen MR) is 70.0 cm³/mol. The van der Waals surface area contributed by atoms with Gasteiger partial charge in [-0.15, -0.1) is 0 Å². The largest absolute Gasteiger partial charge is 0.396 e. The Hall–Kier alpha value is -1.49. The summed E-state index contributed by atoms with van der Waals surface area (Å²) in [6.45, 7) is 5.55. The van der Waals surface area contributed by atoms with Gasteiger partial charge in [-0.2, -0.15) is 0 Å². The molecule has 6 heteroatoms. The van der Waals surface area contributed by atoms with E-state index in [0.29, 0.717) is 16.5 Å². The Morgan fingerprint density at radius 3 is 2.65 bits per heavy atom. The van der Waals surface area contributed by atoms with E-state index in [0.717, 1.165) is 0 Å². The van der Waals surface area contributed by atoms with Crippen LogP contribution in [-0.2, 0) is 4.79 Å². The predicted octanol–water partition coefficient (Wildman–Crippen LogP) is 1.64. The SMILES string of the molecule is CC(C)NC(=O)C(C)Nc1ncc(Cl)cc1N. The number of nitrogens with two attached hydrogens (primary N) is 1. The highest BCUT2D eigenvalue weighted by Crippen LogP contribution is 2.19. The first kappa shape index (κ1) is 13.6. The first-order valence-corrected chi connectivity index (χ1v) is 5.76. The molecule has 1 aromatic rings. The molecule has 17 heavy (non-hydrogen) atoms. The smallest absolute Gasteiger partial charge is 0.242 e. The molecule has 1 atom stereocenters. The number of nitrogens with one attached hydrogen (secondary N) is 2. The normalized spacial score (nSPS) is 12.3. The lowest BCUT2D eigenvalue weighted by atomic mass is 10.2. The molecule has 1 amide bonds. The van der Waals surface area contributed by atoms with Crippen LogP contribution in [0.5, 0.6) is 0 Å². The molecule has 94 valence electrons. The lowest BCUT2D eigenvalue weighted by Crippen LogP contribution is -2.41. The number of amides is 1. The number of carbonyl (C=O) groups is 1. The van der Waals surface area contributed by atoms with Crippen molar-refractivity contribution >= 4 is 29.0 Å². The lowest BCUT2D eigenvalue weighted by molar-refractivity contribution is -0.122. The van der Waals surface area contributed by atoms with Crippen LogP contribution >= 0.6 is 11.6 Å². The first-order chi connectivity index (χ1) is 7.90. The zero-order chi connectivity index (χ0) is 13.0. The molecule has 0 aliphatic rings. The number of rotatable bonds is 4. The topological polar surface area (TPSA) is 80.0 Å². The number of pyridine rings is 1. The third-order valence-electron chi connectivity index (χ3n) is 2.06. The van der Waals surface area contributed by atoms with Crippen molar-refractivity contribution in [1.29, 1.82) is 0 Å². The Kier molecular flexibility index (Phi) is 4.57. The van der Waals surface area contributed by atoms with Crippen molar-refractivity contribution in [2.45, 2.75) is 32.9 Å². The Balaban J connectivity index is 2.67. The van der Waals surface area contributed by atoms with Crippen molar-refractivity contribution in [1.82, 2.24) is 10.3 Å². The van der Waals surface area contributed by atoms with Crippen LogP contribution in [0.4, 0.5) is 11.5 Å². The summed E-state index contributed by atoms with van der Waals surface area (Å²) in [5.74, 6) is 0.358. The molecule has 0 aromatic carbocycles. The first-order valence-electron chi connectivity index (χ1n) is 5.38. The molecule has 0 fully saturated rings. The highest BCUT2D eigenvalue weighted by Gasteiger charge is 2.15. The average molecular weight is 257 g/mol. The molecule has 0 aliphatic carbocycles. The summed E-state index contributed by atoms with van der Waals surface area (Å²) in [7, 11) is 0. The van der Waals surface area contributed by atoms with Crippen molar-refractivity contribution in [2.75, 3.05) is 11.1 Å². The van der Waals surface area contributed by atoms with Crippen LogP contribution in [0.3, 0.4) is 0 Å². The van der Waals surface area contributed by atoms with Gasteiger partial charge in [0, 0.05) is 12.2 Å². The molecule has 1 unspecified atom stereocenters. The van der Waals surface area contributed by atoms with Crippen LogP contribution in [0, 0.1) is 0 Å². The zero-order valence-electron chi connectivity index (χ0n) is 10.1. The number of halogens is 1. The van der Waals surface area contributed by atoms with E-state index < -0.39 is 6.04 Å². The van der Waals surface area contributed by atoms with E-state index in [1.54, 1.807) is 13.0 Å². The van der Waals surface area contributed by atoms with E-state index in [4.69, 9.17) is 17.3 Å². The van der Waals surface area contributed by atoms with Crippen LogP contribution in [0.25, 0.3) is 0 Å². The Bertz CT molecular complexity index is 408. The zero-order valence-corrected chi connectivity index (χ0v) is 10.9. The van der Waals surface area contributed by atoms with E-state index in [9.17, 15) is 4.79 Å². The average Bonchev–Trinajstić information content (AvgIpc) is 2.21. The van der Waals surface area contributed by atoms with E-state index >= 15 is 0 Å². The number of nitrogen functional groups attached to an aromatic ring is 1. The van der Waals surface area contributed by atoms with Crippen molar-refractivity contribution < 1.29 is 4.79 Å². The molecule has 0 saturated heterocycles. The van der Waals surface area contributed by atoms with Gasteiger partial charge in [0.2, 0.25) is 5.91 Å². The van der Waals surface area contributed by atoms with E-state index in [2.05, 4.69) is 15.6 Å². The monoisotopic (exact) mass is 256 g/mol. The quantitative estimate of drug-likeness (QED) is 0.765. The van der Waals surface area contributed by atoms with Crippen molar-refractivity contribution in [3.63, 3.8) is 0 Å². The van der Waals surface area contributed by atoms with Gasteiger partial charge in [0.1, 0.15) is 11.9 Å². The molecule has 0 aliphatic heterocycles. The second kappa shape index (κ2) is 5.72. The number of carbonyl (C=O) groups excluding carboxylic acids is 1. The maximum Gasteiger partial charge on any atom is 0.242 e.